The Balaban J connectivity index is 2.34. The van der Waals surface area contributed by atoms with Crippen LogP contribution in [0.5, 0.6) is 0 Å². The average molecular weight is 290 g/mol. The number of hydrogen-bond acceptors (Lipinski definition) is 3. The fourth-order valence-corrected chi connectivity index (χ4v) is 2.32. The minimum atomic E-state index is 0.426. The van der Waals surface area contributed by atoms with Crippen molar-refractivity contribution in [1.29, 1.82) is 0 Å². The first kappa shape index (κ1) is 14.8. The quantitative estimate of drug-likeness (QED) is 0.763. The minimum Gasteiger partial charge on any atom is -0.357 e. The zero-order valence-corrected chi connectivity index (χ0v) is 12.9. The fraction of sp³-hybridized carbons (Fsp3) is 0.375. The van der Waals surface area contributed by atoms with Crippen LogP contribution in [0.15, 0.2) is 36.4 Å². The summed E-state index contributed by atoms with van der Waals surface area (Å²) in [5, 5.41) is 0.476. The van der Waals surface area contributed by atoms with E-state index in [1.165, 1.54) is 0 Å². The van der Waals surface area contributed by atoms with Crippen molar-refractivity contribution in [1.82, 2.24) is 9.97 Å². The Morgan fingerprint density at radius 3 is 2.55 bits per heavy atom. The molecule has 0 aliphatic rings. The summed E-state index contributed by atoms with van der Waals surface area (Å²) in [6, 6.07) is 12.2. The molecule has 2 aromatic rings. The van der Waals surface area contributed by atoms with Gasteiger partial charge >= 0.3 is 0 Å². The molecule has 0 saturated carbocycles. The number of rotatable bonds is 5. The minimum absolute atomic E-state index is 0.426. The molecule has 3 nitrogen and oxygen atoms in total. The molecule has 0 aliphatic carbocycles. The van der Waals surface area contributed by atoms with Gasteiger partial charge in [-0.15, -0.1) is 0 Å². The van der Waals surface area contributed by atoms with Gasteiger partial charge in [-0.2, -0.15) is 0 Å². The third-order valence-corrected chi connectivity index (χ3v) is 3.64. The smallest absolute Gasteiger partial charge is 0.163 e. The van der Waals surface area contributed by atoms with Crippen LogP contribution in [0.25, 0.3) is 11.4 Å². The highest BCUT2D eigenvalue weighted by molar-refractivity contribution is 6.29. The van der Waals surface area contributed by atoms with Crippen LogP contribution in [0.2, 0.25) is 5.15 Å². The van der Waals surface area contributed by atoms with Crippen LogP contribution in [-0.4, -0.2) is 23.1 Å². The van der Waals surface area contributed by atoms with E-state index in [-0.39, 0.29) is 0 Å². The van der Waals surface area contributed by atoms with E-state index < -0.39 is 0 Å². The fourth-order valence-electron chi connectivity index (χ4n) is 2.14. The summed E-state index contributed by atoms with van der Waals surface area (Å²) in [6.45, 7) is 4.38. The molecule has 0 saturated heterocycles. The number of halogens is 1. The van der Waals surface area contributed by atoms with Crippen LogP contribution < -0.4 is 4.90 Å². The van der Waals surface area contributed by atoms with Crippen molar-refractivity contribution in [2.45, 2.75) is 32.7 Å². The summed E-state index contributed by atoms with van der Waals surface area (Å²) in [6.07, 6.45) is 2.27. The Labute approximate surface area is 125 Å². The number of hydrogen-bond donors (Lipinski definition) is 0. The summed E-state index contributed by atoms with van der Waals surface area (Å²) in [7, 11) is 2.05. The van der Waals surface area contributed by atoms with Crippen molar-refractivity contribution >= 4 is 17.4 Å². The Kier molecular flexibility index (Phi) is 4.96. The summed E-state index contributed by atoms with van der Waals surface area (Å²) >= 11 is 6.15. The maximum absolute atomic E-state index is 6.15. The van der Waals surface area contributed by atoms with Crippen molar-refractivity contribution in [3.8, 4) is 11.4 Å². The van der Waals surface area contributed by atoms with Crippen LogP contribution in [0, 0.1) is 0 Å². The lowest BCUT2D eigenvalue weighted by Gasteiger charge is -2.26. The summed E-state index contributed by atoms with van der Waals surface area (Å²) in [5.74, 6) is 1.54. The molecule has 0 amide bonds. The molecule has 0 bridgehead atoms. The van der Waals surface area contributed by atoms with E-state index in [1.807, 2.05) is 43.4 Å². The largest absolute Gasteiger partial charge is 0.357 e. The molecule has 0 spiro atoms. The van der Waals surface area contributed by atoms with Crippen LogP contribution >= 0.6 is 11.6 Å². The molecule has 0 fully saturated rings. The van der Waals surface area contributed by atoms with E-state index in [0.29, 0.717) is 17.0 Å². The molecule has 1 atom stereocenters. The van der Waals surface area contributed by atoms with Gasteiger partial charge in [0.05, 0.1) is 0 Å². The molecule has 0 aliphatic heterocycles. The lowest BCUT2D eigenvalue weighted by molar-refractivity contribution is 0.611. The first-order valence-electron chi connectivity index (χ1n) is 6.94. The summed E-state index contributed by atoms with van der Waals surface area (Å²) in [4.78, 5) is 11.1. The molecular formula is C16H20ClN3. The highest BCUT2D eigenvalue weighted by Gasteiger charge is 2.13. The molecule has 0 radical (unpaired) electrons. The van der Waals surface area contributed by atoms with Crippen molar-refractivity contribution in [3.63, 3.8) is 0 Å². The van der Waals surface area contributed by atoms with Gasteiger partial charge in [-0.25, -0.2) is 9.97 Å². The van der Waals surface area contributed by atoms with Crippen molar-refractivity contribution in [2.24, 2.45) is 0 Å². The maximum Gasteiger partial charge on any atom is 0.163 e. The number of aromatic nitrogens is 2. The summed E-state index contributed by atoms with van der Waals surface area (Å²) in [5.41, 5.74) is 0.979. The number of anilines is 1. The van der Waals surface area contributed by atoms with E-state index in [1.54, 1.807) is 0 Å². The highest BCUT2D eigenvalue weighted by atomic mass is 35.5. The maximum atomic E-state index is 6.15. The zero-order chi connectivity index (χ0) is 14.5. The van der Waals surface area contributed by atoms with E-state index in [0.717, 1.165) is 24.2 Å². The predicted molar refractivity (Wildman–Crippen MR) is 85.3 cm³/mol. The van der Waals surface area contributed by atoms with Gasteiger partial charge in [-0.1, -0.05) is 55.3 Å². The van der Waals surface area contributed by atoms with Crippen molar-refractivity contribution in [3.05, 3.63) is 41.6 Å². The molecule has 1 heterocycles. The first-order chi connectivity index (χ1) is 9.61. The van der Waals surface area contributed by atoms with Crippen LogP contribution in [0.1, 0.15) is 26.7 Å². The standard InChI is InChI=1S/C16H20ClN3/c1-4-8-12(2)20(3)15-11-14(17)18-16(19-15)13-9-6-5-7-10-13/h5-7,9-12H,4,8H2,1-3H3. The second-order valence-corrected chi connectivity index (χ2v) is 5.37. The van der Waals surface area contributed by atoms with E-state index in [4.69, 9.17) is 11.6 Å². The van der Waals surface area contributed by atoms with Crippen molar-refractivity contribution < 1.29 is 0 Å². The lowest BCUT2D eigenvalue weighted by atomic mass is 10.2. The molecular weight excluding hydrogens is 270 g/mol. The highest BCUT2D eigenvalue weighted by Crippen LogP contribution is 2.23. The van der Waals surface area contributed by atoms with Gasteiger partial charge in [-0.05, 0) is 13.3 Å². The van der Waals surface area contributed by atoms with Gasteiger partial charge in [0.2, 0.25) is 0 Å². The van der Waals surface area contributed by atoms with Gasteiger partial charge in [-0.3, -0.25) is 0 Å². The van der Waals surface area contributed by atoms with E-state index >= 15 is 0 Å². The van der Waals surface area contributed by atoms with Gasteiger partial charge < -0.3 is 4.90 Å². The molecule has 1 aromatic heterocycles. The van der Waals surface area contributed by atoms with Crippen LogP contribution in [0.4, 0.5) is 5.82 Å². The topological polar surface area (TPSA) is 29.0 Å². The molecule has 1 aromatic carbocycles. The van der Waals surface area contributed by atoms with Gasteiger partial charge in [0.15, 0.2) is 5.82 Å². The monoisotopic (exact) mass is 289 g/mol. The van der Waals surface area contributed by atoms with Crippen LogP contribution in [0.3, 0.4) is 0 Å². The molecule has 4 heteroatoms. The first-order valence-corrected chi connectivity index (χ1v) is 7.32. The number of nitrogens with zero attached hydrogens (tertiary/aromatic N) is 3. The van der Waals surface area contributed by atoms with Crippen molar-refractivity contribution in [2.75, 3.05) is 11.9 Å². The van der Waals surface area contributed by atoms with Gasteiger partial charge in [0.25, 0.3) is 0 Å². The molecule has 2 rings (SSSR count). The normalized spacial score (nSPS) is 12.2. The van der Waals surface area contributed by atoms with E-state index in [9.17, 15) is 0 Å². The third-order valence-electron chi connectivity index (χ3n) is 3.44. The Hall–Kier alpha value is -1.61. The summed E-state index contributed by atoms with van der Waals surface area (Å²) < 4.78 is 0. The van der Waals surface area contributed by atoms with Gasteiger partial charge in [0, 0.05) is 24.7 Å². The third kappa shape index (κ3) is 3.48. The second-order valence-electron chi connectivity index (χ2n) is 4.99. The Morgan fingerprint density at radius 1 is 1.20 bits per heavy atom. The molecule has 1 unspecified atom stereocenters. The van der Waals surface area contributed by atoms with Gasteiger partial charge in [0.1, 0.15) is 11.0 Å². The zero-order valence-electron chi connectivity index (χ0n) is 12.2. The second kappa shape index (κ2) is 6.71. The predicted octanol–water partition coefficient (Wildman–Crippen LogP) is 4.42. The Bertz CT molecular complexity index is 557. The average Bonchev–Trinajstić information content (AvgIpc) is 2.47. The lowest BCUT2D eigenvalue weighted by Crippen LogP contribution is -2.29. The molecule has 0 N–H and O–H groups in total. The number of benzene rings is 1. The van der Waals surface area contributed by atoms with Crippen LogP contribution in [-0.2, 0) is 0 Å². The van der Waals surface area contributed by atoms with E-state index in [2.05, 4.69) is 28.7 Å². The SMILES string of the molecule is CCCC(C)N(C)c1cc(Cl)nc(-c2ccccc2)n1. The molecule has 106 valence electrons. The Morgan fingerprint density at radius 2 is 1.90 bits per heavy atom. The molecule has 20 heavy (non-hydrogen) atoms.